The van der Waals surface area contributed by atoms with Gasteiger partial charge in [0.15, 0.2) is 0 Å². The van der Waals surface area contributed by atoms with Crippen LogP contribution >= 0.6 is 11.6 Å². The minimum absolute atomic E-state index is 0.0223. The van der Waals surface area contributed by atoms with Gasteiger partial charge in [0.2, 0.25) is 0 Å². The number of ether oxygens (including phenoxy) is 1. The van der Waals surface area contributed by atoms with Gasteiger partial charge in [-0.2, -0.15) is 5.10 Å². The van der Waals surface area contributed by atoms with Crippen LogP contribution in [0, 0.1) is 0 Å². The van der Waals surface area contributed by atoms with Gasteiger partial charge in [0.25, 0.3) is 5.91 Å². The summed E-state index contributed by atoms with van der Waals surface area (Å²) in [5.74, 6) is 0.487. The van der Waals surface area contributed by atoms with Gasteiger partial charge in [-0.1, -0.05) is 48.0 Å². The lowest BCUT2D eigenvalue weighted by molar-refractivity contribution is 0.0391. The van der Waals surface area contributed by atoms with Crippen molar-refractivity contribution in [3.63, 3.8) is 0 Å². The van der Waals surface area contributed by atoms with E-state index in [-0.39, 0.29) is 18.0 Å². The molecule has 3 heterocycles. The normalized spacial score (nSPS) is 20.0. The van der Waals surface area contributed by atoms with Crippen LogP contribution in [0.25, 0.3) is 11.3 Å². The number of aryl methyl sites for hydroxylation is 1. The standard InChI is InChI=1S/C24H24ClN3O2/c1-27-23(15-8-4-3-5-9-15)18-14-16-10-6-12-19(22(18)26-27)28(16)24(29)17-11-7-13-20(30-2)21(17)25/h3-5,7-9,11,13,16,19H,6,10,12,14H2,1-2H3. The molecule has 0 N–H and O–H groups in total. The zero-order valence-electron chi connectivity index (χ0n) is 17.1. The molecule has 1 amide bonds. The molecule has 0 saturated carbocycles. The third kappa shape index (κ3) is 2.91. The van der Waals surface area contributed by atoms with Gasteiger partial charge in [-0.05, 0) is 37.8 Å². The summed E-state index contributed by atoms with van der Waals surface area (Å²) in [5, 5.41) is 5.27. The van der Waals surface area contributed by atoms with Crippen LogP contribution in [0.1, 0.15) is 46.9 Å². The minimum atomic E-state index is -0.0360. The second kappa shape index (κ2) is 7.47. The van der Waals surface area contributed by atoms with E-state index in [9.17, 15) is 4.79 Å². The van der Waals surface area contributed by atoms with E-state index >= 15 is 0 Å². The summed E-state index contributed by atoms with van der Waals surface area (Å²) in [5.41, 5.74) is 5.13. The molecule has 3 aromatic rings. The number of piperidine rings is 1. The fourth-order valence-electron chi connectivity index (χ4n) is 5.08. The van der Waals surface area contributed by atoms with Gasteiger partial charge in [-0.15, -0.1) is 0 Å². The van der Waals surface area contributed by atoms with E-state index in [0.29, 0.717) is 16.3 Å². The van der Waals surface area contributed by atoms with E-state index in [1.807, 2.05) is 28.8 Å². The number of hydrogen-bond donors (Lipinski definition) is 0. The molecule has 2 atom stereocenters. The number of amides is 1. The van der Waals surface area contributed by atoms with Gasteiger partial charge >= 0.3 is 0 Å². The highest BCUT2D eigenvalue weighted by atomic mass is 35.5. The third-order valence-electron chi connectivity index (χ3n) is 6.37. The number of benzene rings is 2. The number of fused-ring (bicyclic) bond motifs is 4. The molecule has 154 valence electrons. The fourth-order valence-corrected chi connectivity index (χ4v) is 5.36. The van der Waals surface area contributed by atoms with Crippen molar-refractivity contribution in [2.24, 2.45) is 7.05 Å². The average Bonchev–Trinajstić information content (AvgIpc) is 3.09. The van der Waals surface area contributed by atoms with Crippen molar-refractivity contribution in [3.8, 4) is 17.0 Å². The predicted molar refractivity (Wildman–Crippen MR) is 117 cm³/mol. The van der Waals surface area contributed by atoms with Crippen molar-refractivity contribution in [3.05, 3.63) is 70.4 Å². The molecule has 1 saturated heterocycles. The summed E-state index contributed by atoms with van der Waals surface area (Å²) in [6.07, 6.45) is 3.83. The van der Waals surface area contributed by atoms with Crippen LogP contribution < -0.4 is 4.74 Å². The van der Waals surface area contributed by atoms with Crippen LogP contribution in [0.2, 0.25) is 5.02 Å². The second-order valence-corrected chi connectivity index (χ2v) is 8.42. The molecular weight excluding hydrogens is 398 g/mol. The van der Waals surface area contributed by atoms with E-state index in [2.05, 4.69) is 24.3 Å². The SMILES string of the molecule is COc1cccc(C(=O)N2C3CCCC2c2nn(C)c(-c4ccccc4)c2C3)c1Cl. The summed E-state index contributed by atoms with van der Waals surface area (Å²) < 4.78 is 7.30. The van der Waals surface area contributed by atoms with Crippen LogP contribution in [0.15, 0.2) is 48.5 Å². The Morgan fingerprint density at radius 1 is 1.13 bits per heavy atom. The molecule has 5 nitrogen and oxygen atoms in total. The number of methoxy groups -OCH3 is 1. The predicted octanol–water partition coefficient (Wildman–Crippen LogP) is 5.04. The number of rotatable bonds is 3. The molecule has 6 heteroatoms. The van der Waals surface area contributed by atoms with Gasteiger partial charge in [-0.25, -0.2) is 0 Å². The van der Waals surface area contributed by atoms with Gasteiger partial charge in [0.1, 0.15) is 5.75 Å². The van der Waals surface area contributed by atoms with Crippen molar-refractivity contribution in [1.82, 2.24) is 14.7 Å². The maximum absolute atomic E-state index is 13.6. The molecule has 0 radical (unpaired) electrons. The summed E-state index contributed by atoms with van der Waals surface area (Å²) in [4.78, 5) is 15.6. The van der Waals surface area contributed by atoms with Crippen molar-refractivity contribution in [1.29, 1.82) is 0 Å². The molecule has 5 rings (SSSR count). The molecule has 1 aromatic heterocycles. The summed E-state index contributed by atoms with van der Waals surface area (Å²) >= 11 is 6.50. The molecule has 2 aliphatic heterocycles. The highest BCUT2D eigenvalue weighted by Gasteiger charge is 2.44. The number of hydrogen-bond acceptors (Lipinski definition) is 3. The molecule has 0 spiro atoms. The molecular formula is C24H24ClN3O2. The fraction of sp³-hybridized carbons (Fsp3) is 0.333. The van der Waals surface area contributed by atoms with Crippen molar-refractivity contribution < 1.29 is 9.53 Å². The van der Waals surface area contributed by atoms with Crippen molar-refractivity contribution in [2.45, 2.75) is 37.8 Å². The average molecular weight is 422 g/mol. The monoisotopic (exact) mass is 421 g/mol. The van der Waals surface area contributed by atoms with Gasteiger partial charge < -0.3 is 9.64 Å². The van der Waals surface area contributed by atoms with Crippen molar-refractivity contribution >= 4 is 17.5 Å². The number of halogens is 1. The largest absolute Gasteiger partial charge is 0.495 e. The lowest BCUT2D eigenvalue weighted by Crippen LogP contribution is -2.50. The van der Waals surface area contributed by atoms with Gasteiger partial charge in [0, 0.05) is 24.2 Å². The lowest BCUT2D eigenvalue weighted by Gasteiger charge is -2.45. The molecule has 0 aliphatic carbocycles. The molecule has 2 bridgehead atoms. The molecule has 2 aliphatic rings. The van der Waals surface area contributed by atoms with Gasteiger partial charge in [0.05, 0.1) is 35.1 Å². The second-order valence-electron chi connectivity index (χ2n) is 8.04. The summed E-state index contributed by atoms with van der Waals surface area (Å²) in [6, 6.07) is 15.9. The van der Waals surface area contributed by atoms with E-state index in [1.54, 1.807) is 19.2 Å². The minimum Gasteiger partial charge on any atom is -0.495 e. The maximum atomic E-state index is 13.6. The van der Waals surface area contributed by atoms with E-state index < -0.39 is 0 Å². The van der Waals surface area contributed by atoms with E-state index in [0.717, 1.165) is 37.1 Å². The highest BCUT2D eigenvalue weighted by molar-refractivity contribution is 6.35. The highest BCUT2D eigenvalue weighted by Crippen LogP contribution is 2.45. The zero-order valence-corrected chi connectivity index (χ0v) is 17.9. The number of carbonyl (C=O) groups excluding carboxylic acids is 1. The Morgan fingerprint density at radius 2 is 1.93 bits per heavy atom. The number of nitrogens with zero attached hydrogens (tertiary/aromatic N) is 3. The first kappa shape index (κ1) is 19.2. The van der Waals surface area contributed by atoms with Crippen LogP contribution in [0.3, 0.4) is 0 Å². The Bertz CT molecular complexity index is 1110. The smallest absolute Gasteiger partial charge is 0.256 e. The van der Waals surface area contributed by atoms with E-state index in [1.165, 1.54) is 11.1 Å². The maximum Gasteiger partial charge on any atom is 0.256 e. The Hall–Kier alpha value is -2.79. The molecule has 1 fully saturated rings. The Labute approximate surface area is 181 Å². The molecule has 30 heavy (non-hydrogen) atoms. The Balaban J connectivity index is 1.58. The first-order valence-electron chi connectivity index (χ1n) is 10.4. The summed E-state index contributed by atoms with van der Waals surface area (Å²) in [7, 11) is 3.56. The first-order chi connectivity index (χ1) is 14.6. The van der Waals surface area contributed by atoms with E-state index in [4.69, 9.17) is 21.4 Å². The molecule has 2 unspecified atom stereocenters. The third-order valence-corrected chi connectivity index (χ3v) is 6.76. The quantitative estimate of drug-likeness (QED) is 0.595. The first-order valence-corrected chi connectivity index (χ1v) is 10.7. The van der Waals surface area contributed by atoms with Crippen LogP contribution in [0.5, 0.6) is 5.75 Å². The summed E-state index contributed by atoms with van der Waals surface area (Å²) in [6.45, 7) is 0. The lowest BCUT2D eigenvalue weighted by atomic mass is 9.81. The number of carbonyl (C=O) groups is 1. The van der Waals surface area contributed by atoms with Crippen LogP contribution in [-0.4, -0.2) is 33.7 Å². The molecule has 2 aromatic carbocycles. The van der Waals surface area contributed by atoms with Gasteiger partial charge in [-0.3, -0.25) is 9.48 Å². The zero-order chi connectivity index (χ0) is 20.8. The van der Waals surface area contributed by atoms with Crippen molar-refractivity contribution in [2.75, 3.05) is 7.11 Å². The Morgan fingerprint density at radius 3 is 2.70 bits per heavy atom. The van der Waals surface area contributed by atoms with Crippen LogP contribution in [-0.2, 0) is 13.5 Å². The van der Waals surface area contributed by atoms with Crippen LogP contribution in [0.4, 0.5) is 0 Å². The topological polar surface area (TPSA) is 47.4 Å². The number of aromatic nitrogens is 2. The Kier molecular flexibility index (Phi) is 4.78.